The number of benzene rings is 1. The van der Waals surface area contributed by atoms with E-state index in [1.807, 2.05) is 0 Å². The van der Waals surface area contributed by atoms with Crippen molar-refractivity contribution in [1.29, 1.82) is 0 Å². The lowest BCUT2D eigenvalue weighted by Gasteiger charge is -2.35. The Morgan fingerprint density at radius 2 is 1.86 bits per heavy atom. The Balaban J connectivity index is 1.34. The van der Waals surface area contributed by atoms with E-state index in [9.17, 15) is 0 Å². The van der Waals surface area contributed by atoms with Crippen LogP contribution in [0.2, 0.25) is 0 Å². The van der Waals surface area contributed by atoms with Gasteiger partial charge in [0.05, 0.1) is 0 Å². The summed E-state index contributed by atoms with van der Waals surface area (Å²) in [7, 11) is 0. The molecule has 0 aromatic heterocycles. The minimum atomic E-state index is 0.788. The lowest BCUT2D eigenvalue weighted by Crippen LogP contribution is -2.37. The zero-order valence-electron chi connectivity index (χ0n) is 14.1. The molecule has 0 N–H and O–H groups in total. The Morgan fingerprint density at radius 3 is 2.55 bits per heavy atom. The first-order valence-corrected chi connectivity index (χ1v) is 9.17. The lowest BCUT2D eigenvalue weighted by atomic mass is 9.85. The topological polar surface area (TPSA) is 3.24 Å². The average Bonchev–Trinajstić information content (AvgIpc) is 3.13. The van der Waals surface area contributed by atoms with Crippen molar-refractivity contribution < 1.29 is 0 Å². The number of nitrogens with zero attached hydrogens (tertiary/aromatic N) is 1. The van der Waals surface area contributed by atoms with E-state index in [-0.39, 0.29) is 0 Å². The van der Waals surface area contributed by atoms with Crippen molar-refractivity contribution in [2.45, 2.75) is 45.4 Å². The molecule has 3 unspecified atom stereocenters. The molecule has 1 aromatic rings. The Bertz CT molecular complexity index is 565. The predicted molar refractivity (Wildman–Crippen MR) is 93.2 cm³/mol. The van der Waals surface area contributed by atoms with Gasteiger partial charge in [0.1, 0.15) is 0 Å². The zero-order valence-corrected chi connectivity index (χ0v) is 14.1. The highest BCUT2D eigenvalue weighted by atomic mass is 15.1. The van der Waals surface area contributed by atoms with Crippen LogP contribution in [0, 0.1) is 31.6 Å². The zero-order chi connectivity index (χ0) is 15.1. The van der Waals surface area contributed by atoms with E-state index in [1.165, 1.54) is 56.4 Å². The van der Waals surface area contributed by atoms with Crippen LogP contribution in [0.5, 0.6) is 0 Å². The minimum Gasteiger partial charge on any atom is -0.303 e. The molecular formula is C21H29N. The van der Waals surface area contributed by atoms with E-state index in [4.69, 9.17) is 0 Å². The van der Waals surface area contributed by atoms with Gasteiger partial charge in [0, 0.05) is 6.54 Å². The molecule has 1 saturated carbocycles. The third-order valence-corrected chi connectivity index (χ3v) is 6.37. The summed E-state index contributed by atoms with van der Waals surface area (Å²) in [4.78, 5) is 2.75. The highest BCUT2D eigenvalue weighted by Crippen LogP contribution is 2.44. The van der Waals surface area contributed by atoms with Crippen LogP contribution in [-0.2, 0) is 0 Å². The van der Waals surface area contributed by atoms with E-state index in [2.05, 4.69) is 49.1 Å². The van der Waals surface area contributed by atoms with Crippen molar-refractivity contribution in [2.75, 3.05) is 19.6 Å². The van der Waals surface area contributed by atoms with Gasteiger partial charge in [0.15, 0.2) is 0 Å². The molecule has 2 fully saturated rings. The van der Waals surface area contributed by atoms with Gasteiger partial charge in [-0.2, -0.15) is 0 Å². The quantitative estimate of drug-likeness (QED) is 0.731. The van der Waals surface area contributed by atoms with Gasteiger partial charge >= 0.3 is 0 Å². The number of hydrogen-bond acceptors (Lipinski definition) is 1. The second-order valence-electron chi connectivity index (χ2n) is 7.98. The van der Waals surface area contributed by atoms with Gasteiger partial charge in [-0.3, -0.25) is 0 Å². The Morgan fingerprint density at radius 1 is 1.05 bits per heavy atom. The van der Waals surface area contributed by atoms with Gasteiger partial charge in [0.2, 0.25) is 0 Å². The lowest BCUT2D eigenvalue weighted by molar-refractivity contribution is 0.172. The van der Waals surface area contributed by atoms with Gasteiger partial charge in [-0.15, -0.1) is 0 Å². The monoisotopic (exact) mass is 295 g/mol. The van der Waals surface area contributed by atoms with E-state index in [1.54, 1.807) is 5.56 Å². The van der Waals surface area contributed by atoms with Crippen molar-refractivity contribution in [3.05, 3.63) is 47.0 Å². The average molecular weight is 295 g/mol. The highest BCUT2D eigenvalue weighted by Gasteiger charge is 2.36. The van der Waals surface area contributed by atoms with Crippen LogP contribution in [0.3, 0.4) is 0 Å². The van der Waals surface area contributed by atoms with Gasteiger partial charge in [-0.05, 0) is 87.4 Å². The van der Waals surface area contributed by atoms with Crippen molar-refractivity contribution in [3.8, 4) is 0 Å². The van der Waals surface area contributed by atoms with E-state index < -0.39 is 0 Å². The first kappa shape index (κ1) is 14.5. The number of rotatable bonds is 3. The van der Waals surface area contributed by atoms with E-state index >= 15 is 0 Å². The standard InChI is InChI=1S/C21H29N/c1-15-3-4-16(2)21(11-15)18-7-9-22(10-8-18)14-20-13-17-5-6-19(20)12-17/h3-6,11,17-20H,7-10,12-14H2,1-2H3. The minimum absolute atomic E-state index is 0.788. The molecule has 2 aliphatic carbocycles. The van der Waals surface area contributed by atoms with Crippen LogP contribution in [0.1, 0.15) is 48.3 Å². The summed E-state index contributed by atoms with van der Waals surface area (Å²) in [5.74, 6) is 3.56. The van der Waals surface area contributed by atoms with Gasteiger partial charge < -0.3 is 4.90 Å². The summed E-state index contributed by atoms with van der Waals surface area (Å²) in [5.41, 5.74) is 4.52. The summed E-state index contributed by atoms with van der Waals surface area (Å²) < 4.78 is 0. The van der Waals surface area contributed by atoms with E-state index in [0.717, 1.165) is 23.7 Å². The van der Waals surface area contributed by atoms with Gasteiger partial charge in [0.25, 0.3) is 0 Å². The third-order valence-electron chi connectivity index (χ3n) is 6.37. The number of likely N-dealkylation sites (tertiary alicyclic amines) is 1. The Labute approximate surface area is 135 Å². The van der Waals surface area contributed by atoms with E-state index in [0.29, 0.717) is 0 Å². The molecule has 1 heteroatoms. The first-order valence-electron chi connectivity index (χ1n) is 9.17. The van der Waals surface area contributed by atoms with Crippen molar-refractivity contribution in [1.82, 2.24) is 4.90 Å². The molecule has 1 aliphatic heterocycles. The number of hydrogen-bond donors (Lipinski definition) is 0. The maximum Gasteiger partial charge on any atom is 0.00155 e. The molecule has 3 aliphatic rings. The molecule has 0 amide bonds. The third kappa shape index (κ3) is 2.76. The van der Waals surface area contributed by atoms with Crippen LogP contribution in [0.15, 0.2) is 30.4 Å². The molecule has 1 saturated heterocycles. The normalized spacial score (nSPS) is 32.0. The predicted octanol–water partition coefficient (Wildman–Crippen LogP) is 4.70. The largest absolute Gasteiger partial charge is 0.303 e. The fourth-order valence-corrected chi connectivity index (χ4v) is 5.06. The molecular weight excluding hydrogens is 266 g/mol. The maximum atomic E-state index is 2.75. The van der Waals surface area contributed by atoms with Crippen LogP contribution in [0.25, 0.3) is 0 Å². The van der Waals surface area contributed by atoms with Crippen LogP contribution >= 0.6 is 0 Å². The Hall–Kier alpha value is -1.08. The molecule has 22 heavy (non-hydrogen) atoms. The molecule has 3 atom stereocenters. The second-order valence-corrected chi connectivity index (χ2v) is 7.98. The highest BCUT2D eigenvalue weighted by molar-refractivity contribution is 5.33. The van der Waals surface area contributed by atoms with Crippen LogP contribution in [0.4, 0.5) is 0 Å². The van der Waals surface area contributed by atoms with Crippen molar-refractivity contribution in [2.24, 2.45) is 17.8 Å². The fourth-order valence-electron chi connectivity index (χ4n) is 5.06. The molecule has 118 valence electrons. The molecule has 1 aromatic carbocycles. The molecule has 0 spiro atoms. The number of piperidine rings is 1. The molecule has 2 bridgehead atoms. The summed E-state index contributed by atoms with van der Waals surface area (Å²) >= 11 is 0. The second kappa shape index (κ2) is 5.85. The summed E-state index contributed by atoms with van der Waals surface area (Å²) in [5, 5.41) is 0. The number of allylic oxidation sites excluding steroid dienone is 2. The van der Waals surface area contributed by atoms with Crippen molar-refractivity contribution in [3.63, 3.8) is 0 Å². The van der Waals surface area contributed by atoms with Gasteiger partial charge in [-0.25, -0.2) is 0 Å². The van der Waals surface area contributed by atoms with Gasteiger partial charge in [-0.1, -0.05) is 35.9 Å². The van der Waals surface area contributed by atoms with Crippen molar-refractivity contribution >= 4 is 0 Å². The summed E-state index contributed by atoms with van der Waals surface area (Å²) in [6.07, 6.45) is 10.6. The summed E-state index contributed by atoms with van der Waals surface area (Å²) in [6, 6.07) is 6.98. The van der Waals surface area contributed by atoms with Crippen LogP contribution < -0.4 is 0 Å². The molecule has 0 radical (unpaired) electrons. The molecule has 1 nitrogen and oxygen atoms in total. The number of aryl methyl sites for hydroxylation is 2. The first-order chi connectivity index (χ1) is 10.7. The summed E-state index contributed by atoms with van der Waals surface area (Å²) in [6.45, 7) is 8.46. The smallest absolute Gasteiger partial charge is 0.00155 e. The number of fused-ring (bicyclic) bond motifs is 2. The maximum absolute atomic E-state index is 2.75. The SMILES string of the molecule is Cc1ccc(C)c(C2CCN(CC3CC4C=CC3C4)CC2)c1. The fraction of sp³-hybridized carbons (Fsp3) is 0.619. The molecule has 1 heterocycles. The molecule has 4 rings (SSSR count). The Kier molecular flexibility index (Phi) is 3.86. The van der Waals surface area contributed by atoms with Crippen LogP contribution in [-0.4, -0.2) is 24.5 Å².